The second kappa shape index (κ2) is 6.07. The molecular formula is C24H28O3. The number of carbonyl (C=O) groups excluding carboxylic acids is 1. The molecule has 5 unspecified atom stereocenters. The number of hydrogen-bond donors (Lipinski definition) is 2. The van der Waals surface area contributed by atoms with E-state index in [0.717, 1.165) is 38.5 Å². The minimum absolute atomic E-state index is 0.0387. The summed E-state index contributed by atoms with van der Waals surface area (Å²) in [5, 5.41) is 20.6. The molecule has 4 aliphatic carbocycles. The Morgan fingerprint density at radius 3 is 2.59 bits per heavy atom. The number of rotatable bonds is 1. The topological polar surface area (TPSA) is 57.5 Å². The van der Waals surface area contributed by atoms with Gasteiger partial charge in [-0.1, -0.05) is 24.6 Å². The van der Waals surface area contributed by atoms with Crippen LogP contribution in [0.25, 0.3) is 0 Å². The first kappa shape index (κ1) is 17.2. The number of fused-ring (bicyclic) bond motifs is 4. The SMILES string of the molecule is CC12CC(c3ccc(O)cc3)C3=C4CCC(=O)C=C4CCC3C1CCC2O. The van der Waals surface area contributed by atoms with Gasteiger partial charge in [-0.2, -0.15) is 0 Å². The molecule has 2 fully saturated rings. The summed E-state index contributed by atoms with van der Waals surface area (Å²) in [5.74, 6) is 1.89. The summed E-state index contributed by atoms with van der Waals surface area (Å²) >= 11 is 0. The van der Waals surface area contributed by atoms with Crippen molar-refractivity contribution in [2.75, 3.05) is 0 Å². The third-order valence-corrected chi connectivity index (χ3v) is 7.98. The van der Waals surface area contributed by atoms with Crippen molar-refractivity contribution in [1.29, 1.82) is 0 Å². The molecule has 2 saturated carbocycles. The van der Waals surface area contributed by atoms with Gasteiger partial charge in [0.15, 0.2) is 5.78 Å². The molecular weight excluding hydrogens is 336 g/mol. The van der Waals surface area contributed by atoms with E-state index in [2.05, 4.69) is 6.92 Å². The Morgan fingerprint density at radius 1 is 1.04 bits per heavy atom. The normalized spacial score (nSPS) is 38.1. The maximum atomic E-state index is 12.0. The van der Waals surface area contributed by atoms with Gasteiger partial charge in [0.05, 0.1) is 6.10 Å². The molecule has 0 aromatic heterocycles. The zero-order valence-corrected chi connectivity index (χ0v) is 15.9. The molecule has 0 spiro atoms. The van der Waals surface area contributed by atoms with E-state index in [1.807, 2.05) is 18.2 Å². The van der Waals surface area contributed by atoms with Gasteiger partial charge in [0.1, 0.15) is 5.75 Å². The van der Waals surface area contributed by atoms with Crippen molar-refractivity contribution >= 4 is 5.78 Å². The summed E-state index contributed by atoms with van der Waals surface area (Å²) < 4.78 is 0. The fraction of sp³-hybridized carbons (Fsp3) is 0.542. The highest BCUT2D eigenvalue weighted by molar-refractivity contribution is 5.93. The predicted octanol–water partition coefficient (Wildman–Crippen LogP) is 4.65. The number of aromatic hydroxyl groups is 1. The van der Waals surface area contributed by atoms with E-state index in [0.29, 0.717) is 24.0 Å². The van der Waals surface area contributed by atoms with E-state index in [4.69, 9.17) is 0 Å². The predicted molar refractivity (Wildman–Crippen MR) is 104 cm³/mol. The summed E-state index contributed by atoms with van der Waals surface area (Å²) in [6.07, 6.45) is 8.24. The largest absolute Gasteiger partial charge is 0.508 e. The lowest BCUT2D eigenvalue weighted by atomic mass is 9.53. The van der Waals surface area contributed by atoms with Crippen molar-refractivity contribution in [3.05, 3.63) is 52.6 Å². The number of phenols is 1. The molecule has 0 heterocycles. The van der Waals surface area contributed by atoms with Crippen LogP contribution in [0.1, 0.15) is 63.4 Å². The summed E-state index contributed by atoms with van der Waals surface area (Å²) in [6, 6.07) is 7.64. The number of carbonyl (C=O) groups is 1. The van der Waals surface area contributed by atoms with Crippen molar-refractivity contribution in [1.82, 2.24) is 0 Å². The molecule has 27 heavy (non-hydrogen) atoms. The number of aliphatic hydroxyl groups is 1. The first-order valence-corrected chi connectivity index (χ1v) is 10.4. The Morgan fingerprint density at radius 2 is 1.81 bits per heavy atom. The van der Waals surface area contributed by atoms with Crippen LogP contribution >= 0.6 is 0 Å². The van der Waals surface area contributed by atoms with Gasteiger partial charge in [-0.3, -0.25) is 4.79 Å². The quantitative estimate of drug-likeness (QED) is 0.762. The summed E-state index contributed by atoms with van der Waals surface area (Å²) in [6.45, 7) is 2.29. The van der Waals surface area contributed by atoms with Gasteiger partial charge in [-0.25, -0.2) is 0 Å². The molecule has 5 rings (SSSR count). The molecule has 1 aromatic carbocycles. The average molecular weight is 364 g/mol. The molecule has 3 heteroatoms. The van der Waals surface area contributed by atoms with Crippen molar-refractivity contribution in [3.8, 4) is 5.75 Å². The fourth-order valence-corrected chi connectivity index (χ4v) is 6.64. The number of aliphatic hydroxyl groups excluding tert-OH is 1. The number of allylic oxidation sites excluding steroid dienone is 4. The molecule has 0 radical (unpaired) electrons. The summed E-state index contributed by atoms with van der Waals surface area (Å²) in [4.78, 5) is 12.0. The van der Waals surface area contributed by atoms with E-state index >= 15 is 0 Å². The van der Waals surface area contributed by atoms with Gasteiger partial charge >= 0.3 is 0 Å². The van der Waals surface area contributed by atoms with Crippen molar-refractivity contribution < 1.29 is 15.0 Å². The highest BCUT2D eigenvalue weighted by Crippen LogP contribution is 2.63. The zero-order valence-electron chi connectivity index (χ0n) is 15.9. The molecule has 0 amide bonds. The molecule has 4 aliphatic rings. The monoisotopic (exact) mass is 364 g/mol. The third kappa shape index (κ3) is 2.55. The van der Waals surface area contributed by atoms with Crippen LogP contribution < -0.4 is 0 Å². The Hall–Kier alpha value is -1.87. The highest BCUT2D eigenvalue weighted by Gasteiger charge is 2.56. The molecule has 0 aliphatic heterocycles. The van der Waals surface area contributed by atoms with Crippen molar-refractivity contribution in [3.63, 3.8) is 0 Å². The molecule has 2 N–H and O–H groups in total. The minimum Gasteiger partial charge on any atom is -0.508 e. The second-order valence-electron chi connectivity index (χ2n) is 9.27. The fourth-order valence-electron chi connectivity index (χ4n) is 6.64. The Kier molecular flexibility index (Phi) is 3.87. The number of hydrogen-bond acceptors (Lipinski definition) is 3. The Labute approximate surface area is 160 Å². The second-order valence-corrected chi connectivity index (χ2v) is 9.27. The maximum Gasteiger partial charge on any atom is 0.156 e. The van der Waals surface area contributed by atoms with E-state index in [1.165, 1.54) is 16.7 Å². The van der Waals surface area contributed by atoms with Crippen molar-refractivity contribution in [2.45, 2.75) is 63.9 Å². The molecule has 0 saturated heterocycles. The van der Waals surface area contributed by atoms with Crippen LogP contribution in [0.5, 0.6) is 5.75 Å². The number of ketones is 1. The molecule has 0 bridgehead atoms. The minimum atomic E-state index is -0.224. The van der Waals surface area contributed by atoms with E-state index in [-0.39, 0.29) is 23.2 Å². The first-order chi connectivity index (χ1) is 13.0. The van der Waals surface area contributed by atoms with Gasteiger partial charge in [-0.05, 0) is 90.7 Å². The first-order valence-electron chi connectivity index (χ1n) is 10.4. The lowest BCUT2D eigenvalue weighted by Gasteiger charge is -2.52. The zero-order chi connectivity index (χ0) is 18.8. The van der Waals surface area contributed by atoms with Crippen LogP contribution in [0.15, 0.2) is 47.1 Å². The average Bonchev–Trinajstić information content (AvgIpc) is 2.96. The third-order valence-electron chi connectivity index (χ3n) is 7.98. The molecule has 142 valence electrons. The smallest absolute Gasteiger partial charge is 0.156 e. The van der Waals surface area contributed by atoms with Crippen LogP contribution in [0.4, 0.5) is 0 Å². The van der Waals surface area contributed by atoms with Gasteiger partial charge < -0.3 is 10.2 Å². The molecule has 1 aromatic rings. The lowest BCUT2D eigenvalue weighted by molar-refractivity contribution is -0.114. The van der Waals surface area contributed by atoms with Crippen LogP contribution in [-0.2, 0) is 4.79 Å². The molecule has 3 nitrogen and oxygen atoms in total. The van der Waals surface area contributed by atoms with Gasteiger partial charge in [0, 0.05) is 12.3 Å². The van der Waals surface area contributed by atoms with E-state index in [9.17, 15) is 15.0 Å². The van der Waals surface area contributed by atoms with Gasteiger partial charge in [0.25, 0.3) is 0 Å². The lowest BCUT2D eigenvalue weighted by Crippen LogP contribution is -2.45. The summed E-state index contributed by atoms with van der Waals surface area (Å²) in [7, 11) is 0. The number of benzene rings is 1. The number of phenolic OH excluding ortho intramolecular Hbond substituents is 1. The Bertz CT molecular complexity index is 847. The Balaban J connectivity index is 1.68. The van der Waals surface area contributed by atoms with Gasteiger partial charge in [0.2, 0.25) is 0 Å². The van der Waals surface area contributed by atoms with E-state index in [1.54, 1.807) is 17.7 Å². The van der Waals surface area contributed by atoms with Crippen molar-refractivity contribution in [2.24, 2.45) is 17.3 Å². The molecule has 5 atom stereocenters. The van der Waals surface area contributed by atoms with E-state index < -0.39 is 0 Å². The standard InChI is InChI=1S/C24H28O3/c1-24-13-20(14-2-5-16(25)6-3-14)23-18-9-7-17(26)12-15(18)4-8-19(23)21(24)10-11-22(24)27/h2-3,5-6,12,19-22,25,27H,4,7-11,13H2,1H3. The van der Waals surface area contributed by atoms with Crippen LogP contribution in [0, 0.1) is 17.3 Å². The highest BCUT2D eigenvalue weighted by atomic mass is 16.3. The van der Waals surface area contributed by atoms with Crippen LogP contribution in [0.2, 0.25) is 0 Å². The van der Waals surface area contributed by atoms with Crippen LogP contribution in [0.3, 0.4) is 0 Å². The van der Waals surface area contributed by atoms with Crippen LogP contribution in [-0.4, -0.2) is 22.1 Å². The maximum absolute atomic E-state index is 12.0. The van der Waals surface area contributed by atoms with Gasteiger partial charge in [-0.15, -0.1) is 0 Å². The summed E-state index contributed by atoms with van der Waals surface area (Å²) in [5.41, 5.74) is 5.44.